The summed E-state index contributed by atoms with van der Waals surface area (Å²) in [5, 5.41) is 10.6. The number of hydrogen-bond donors (Lipinski definition) is 2. The van der Waals surface area contributed by atoms with Crippen LogP contribution in [0.3, 0.4) is 0 Å². The summed E-state index contributed by atoms with van der Waals surface area (Å²) in [4.78, 5) is 19.5. The SMILES string of the molecule is FC(F)(F)CN1CCC(Cn2ccc3ncc(Nc4cc(-c5ccnc6cccnc56)[nH]n4)nc32)CC1. The quantitative estimate of drug-likeness (QED) is 0.341. The van der Waals surface area contributed by atoms with Gasteiger partial charge in [0.15, 0.2) is 17.3 Å². The second-order valence-corrected chi connectivity index (χ2v) is 9.29. The molecule has 0 spiro atoms. The summed E-state index contributed by atoms with van der Waals surface area (Å²) in [7, 11) is 0. The molecule has 37 heavy (non-hydrogen) atoms. The minimum absolute atomic E-state index is 0.288. The highest BCUT2D eigenvalue weighted by molar-refractivity contribution is 5.90. The molecule has 12 heteroatoms. The fourth-order valence-corrected chi connectivity index (χ4v) is 4.87. The van der Waals surface area contributed by atoms with Gasteiger partial charge in [0, 0.05) is 36.8 Å². The van der Waals surface area contributed by atoms with Crippen LogP contribution in [0.15, 0.2) is 55.1 Å². The lowest BCUT2D eigenvalue weighted by Crippen LogP contribution is -2.40. The summed E-state index contributed by atoms with van der Waals surface area (Å²) in [5.74, 6) is 1.42. The summed E-state index contributed by atoms with van der Waals surface area (Å²) in [5.41, 5.74) is 4.75. The zero-order valence-electron chi connectivity index (χ0n) is 19.8. The topological polar surface area (TPSA) is 100 Å². The van der Waals surface area contributed by atoms with Gasteiger partial charge in [0.1, 0.15) is 5.52 Å². The number of pyridine rings is 2. The summed E-state index contributed by atoms with van der Waals surface area (Å²) < 4.78 is 40.1. The van der Waals surface area contributed by atoms with Crippen LogP contribution in [-0.2, 0) is 6.54 Å². The Bertz CT molecular complexity index is 1530. The molecule has 5 aromatic rings. The number of likely N-dealkylation sites (tertiary alicyclic amines) is 1. The van der Waals surface area contributed by atoms with Crippen molar-refractivity contribution in [3.05, 3.63) is 55.1 Å². The highest BCUT2D eigenvalue weighted by atomic mass is 19.4. The zero-order valence-corrected chi connectivity index (χ0v) is 19.8. The molecule has 0 atom stereocenters. The predicted molar refractivity (Wildman–Crippen MR) is 133 cm³/mol. The zero-order chi connectivity index (χ0) is 25.4. The monoisotopic (exact) mass is 507 g/mol. The predicted octanol–water partition coefficient (Wildman–Crippen LogP) is 4.78. The molecule has 5 aromatic heterocycles. The molecule has 0 radical (unpaired) electrons. The van der Waals surface area contributed by atoms with E-state index in [9.17, 15) is 13.2 Å². The Kier molecular flexibility index (Phi) is 5.95. The van der Waals surface area contributed by atoms with E-state index in [2.05, 4.69) is 30.5 Å². The van der Waals surface area contributed by atoms with Gasteiger partial charge in [-0.25, -0.2) is 9.97 Å². The van der Waals surface area contributed by atoms with Gasteiger partial charge in [-0.2, -0.15) is 18.3 Å². The van der Waals surface area contributed by atoms with Crippen LogP contribution in [0.5, 0.6) is 0 Å². The summed E-state index contributed by atoms with van der Waals surface area (Å²) in [6, 6.07) is 9.43. The first kappa shape index (κ1) is 23.3. The Morgan fingerprint density at radius 2 is 1.86 bits per heavy atom. The molecule has 0 aromatic carbocycles. The summed E-state index contributed by atoms with van der Waals surface area (Å²) in [6.45, 7) is 0.753. The second-order valence-electron chi connectivity index (χ2n) is 9.29. The van der Waals surface area contributed by atoms with E-state index >= 15 is 0 Å². The molecule has 0 aliphatic carbocycles. The average molecular weight is 508 g/mol. The molecule has 190 valence electrons. The van der Waals surface area contributed by atoms with Gasteiger partial charge in [-0.3, -0.25) is 20.0 Å². The van der Waals surface area contributed by atoms with Crippen molar-refractivity contribution < 1.29 is 13.2 Å². The summed E-state index contributed by atoms with van der Waals surface area (Å²) >= 11 is 0. The van der Waals surface area contributed by atoms with Crippen molar-refractivity contribution in [3.8, 4) is 11.3 Å². The lowest BCUT2D eigenvalue weighted by Gasteiger charge is -2.32. The van der Waals surface area contributed by atoms with Crippen LogP contribution in [-0.4, -0.2) is 65.4 Å². The molecule has 6 heterocycles. The van der Waals surface area contributed by atoms with Gasteiger partial charge in [0.05, 0.1) is 29.5 Å². The molecule has 2 N–H and O–H groups in total. The number of nitrogens with one attached hydrogen (secondary N) is 2. The molecule has 0 unspecified atom stereocenters. The normalized spacial score (nSPS) is 15.5. The van der Waals surface area contributed by atoms with E-state index in [0.29, 0.717) is 31.3 Å². The van der Waals surface area contributed by atoms with Crippen molar-refractivity contribution >= 4 is 33.8 Å². The van der Waals surface area contributed by atoms with Gasteiger partial charge in [-0.1, -0.05) is 0 Å². The fourth-order valence-electron chi connectivity index (χ4n) is 4.87. The van der Waals surface area contributed by atoms with Gasteiger partial charge < -0.3 is 9.88 Å². The number of fused-ring (bicyclic) bond motifs is 2. The largest absolute Gasteiger partial charge is 0.401 e. The standard InChI is InChI=1S/C25H24F3N9/c26-25(27,28)15-36-9-4-16(5-10-36)14-37-11-6-19-24(37)33-22(13-31-19)32-21-12-20(34-35-21)17-3-8-29-18-2-1-7-30-23(17)18/h1-3,6-8,11-13,16H,4-5,9-10,14-15H2,(H2,32,33,34,35). The Morgan fingerprint density at radius 3 is 2.70 bits per heavy atom. The maximum absolute atomic E-state index is 12.7. The van der Waals surface area contributed by atoms with E-state index in [0.717, 1.165) is 46.3 Å². The molecule has 9 nitrogen and oxygen atoms in total. The Balaban J connectivity index is 1.16. The number of anilines is 2. The van der Waals surface area contributed by atoms with Gasteiger partial charge >= 0.3 is 6.18 Å². The number of aromatic amines is 1. The minimum Gasteiger partial charge on any atom is -0.331 e. The van der Waals surface area contributed by atoms with Gasteiger partial charge in [0.2, 0.25) is 0 Å². The van der Waals surface area contributed by atoms with Crippen LogP contribution in [0.2, 0.25) is 0 Å². The summed E-state index contributed by atoms with van der Waals surface area (Å²) in [6.07, 6.45) is 4.34. The number of hydrogen-bond acceptors (Lipinski definition) is 7. The van der Waals surface area contributed by atoms with Crippen molar-refractivity contribution in [1.29, 1.82) is 0 Å². The van der Waals surface area contributed by atoms with E-state index in [1.165, 1.54) is 4.90 Å². The second kappa shape index (κ2) is 9.43. The lowest BCUT2D eigenvalue weighted by atomic mass is 9.97. The molecule has 1 fully saturated rings. The fraction of sp³-hybridized carbons (Fsp3) is 0.320. The van der Waals surface area contributed by atoms with Crippen molar-refractivity contribution in [2.75, 3.05) is 25.0 Å². The van der Waals surface area contributed by atoms with Gasteiger partial charge in [-0.05, 0) is 56.1 Å². The maximum Gasteiger partial charge on any atom is 0.401 e. The highest BCUT2D eigenvalue weighted by Crippen LogP contribution is 2.28. The lowest BCUT2D eigenvalue weighted by molar-refractivity contribution is -0.148. The third-order valence-corrected chi connectivity index (χ3v) is 6.65. The van der Waals surface area contributed by atoms with Crippen LogP contribution < -0.4 is 5.32 Å². The smallest absolute Gasteiger partial charge is 0.331 e. The molecule has 0 saturated carbocycles. The van der Waals surface area contributed by atoms with Gasteiger partial charge in [0.25, 0.3) is 0 Å². The van der Waals surface area contributed by atoms with Crippen molar-refractivity contribution in [2.45, 2.75) is 25.6 Å². The first-order valence-corrected chi connectivity index (χ1v) is 12.0. The van der Waals surface area contributed by atoms with Gasteiger partial charge in [-0.15, -0.1) is 0 Å². The average Bonchev–Trinajstić information content (AvgIpc) is 3.51. The molecule has 1 aliphatic rings. The van der Waals surface area contributed by atoms with Crippen LogP contribution in [0, 0.1) is 5.92 Å². The third-order valence-electron chi connectivity index (χ3n) is 6.65. The van der Waals surface area contributed by atoms with Crippen LogP contribution in [0.1, 0.15) is 12.8 Å². The van der Waals surface area contributed by atoms with E-state index in [4.69, 9.17) is 4.98 Å². The number of H-pyrrole nitrogens is 1. The number of halogens is 3. The Labute approximate surface area is 209 Å². The molecular formula is C25H24F3N9. The minimum atomic E-state index is -4.15. The first-order valence-electron chi connectivity index (χ1n) is 12.0. The molecule has 0 amide bonds. The van der Waals surface area contributed by atoms with Crippen molar-refractivity contribution in [2.24, 2.45) is 5.92 Å². The molecule has 6 rings (SSSR count). The highest BCUT2D eigenvalue weighted by Gasteiger charge is 2.32. The van der Waals surface area contributed by atoms with E-state index < -0.39 is 12.7 Å². The number of rotatable bonds is 6. The Morgan fingerprint density at radius 1 is 1.00 bits per heavy atom. The van der Waals surface area contributed by atoms with Crippen molar-refractivity contribution in [1.82, 2.24) is 39.6 Å². The number of alkyl halides is 3. The van der Waals surface area contributed by atoms with E-state index in [1.54, 1.807) is 18.6 Å². The number of aromatic nitrogens is 7. The van der Waals surface area contributed by atoms with Crippen LogP contribution in [0.4, 0.5) is 24.8 Å². The van der Waals surface area contributed by atoms with Crippen LogP contribution >= 0.6 is 0 Å². The number of nitrogens with zero attached hydrogens (tertiary/aromatic N) is 7. The number of piperidine rings is 1. The Hall–Kier alpha value is -4.06. The molecule has 1 aliphatic heterocycles. The third kappa shape index (κ3) is 5.10. The van der Waals surface area contributed by atoms with E-state index in [-0.39, 0.29) is 5.92 Å². The molecule has 0 bridgehead atoms. The maximum atomic E-state index is 12.7. The van der Waals surface area contributed by atoms with Crippen LogP contribution in [0.25, 0.3) is 33.5 Å². The molecular weight excluding hydrogens is 483 g/mol. The van der Waals surface area contributed by atoms with E-state index in [1.807, 2.05) is 41.1 Å². The van der Waals surface area contributed by atoms with Crippen molar-refractivity contribution in [3.63, 3.8) is 0 Å². The first-order chi connectivity index (χ1) is 17.9. The molecule has 1 saturated heterocycles.